The molecule has 0 aliphatic heterocycles. The summed E-state index contributed by atoms with van der Waals surface area (Å²) in [6.45, 7) is 3.94. The average molecular weight is 426 g/mol. The van der Waals surface area contributed by atoms with Crippen LogP contribution in [0.3, 0.4) is 0 Å². The number of hydrogen-bond acceptors (Lipinski definition) is 3. The van der Waals surface area contributed by atoms with Crippen molar-refractivity contribution in [2.75, 3.05) is 5.32 Å². The molecule has 3 rings (SSSR count). The molecule has 5 nitrogen and oxygen atoms in total. The molecular weight excluding hydrogens is 398 g/mol. The van der Waals surface area contributed by atoms with Gasteiger partial charge in [-0.3, -0.25) is 9.59 Å². The first-order valence-corrected chi connectivity index (χ1v) is 10.5. The monoisotopic (exact) mass is 425 g/mol. The van der Waals surface area contributed by atoms with E-state index in [2.05, 4.69) is 15.8 Å². The number of rotatable bonds is 8. The van der Waals surface area contributed by atoms with Crippen molar-refractivity contribution in [3.8, 4) is 0 Å². The highest BCUT2D eigenvalue weighted by atomic mass is 16.2. The summed E-state index contributed by atoms with van der Waals surface area (Å²) in [6, 6.07) is 25.3. The lowest BCUT2D eigenvalue weighted by Gasteiger charge is -2.09. The SMILES string of the molecule is Cc1ccc(NC(=O)CCC(=O)NN=C(/C=C/c2ccccc2)c2ccccc2)c(C)c1. The first kappa shape index (κ1) is 22.7. The highest BCUT2D eigenvalue weighted by molar-refractivity contribution is 6.11. The van der Waals surface area contributed by atoms with Gasteiger partial charge in [-0.1, -0.05) is 84.4 Å². The number of nitrogens with one attached hydrogen (secondary N) is 2. The van der Waals surface area contributed by atoms with Crippen molar-refractivity contribution in [1.29, 1.82) is 0 Å². The largest absolute Gasteiger partial charge is 0.326 e. The highest BCUT2D eigenvalue weighted by Crippen LogP contribution is 2.16. The number of anilines is 1. The molecule has 0 saturated carbocycles. The molecule has 0 aliphatic rings. The molecule has 2 N–H and O–H groups in total. The summed E-state index contributed by atoms with van der Waals surface area (Å²) in [6.07, 6.45) is 3.92. The Bertz CT molecular complexity index is 1120. The van der Waals surface area contributed by atoms with Crippen LogP contribution in [0.4, 0.5) is 5.69 Å². The summed E-state index contributed by atoms with van der Waals surface area (Å²) in [5, 5.41) is 7.15. The Morgan fingerprint density at radius 2 is 1.50 bits per heavy atom. The van der Waals surface area contributed by atoms with Crippen LogP contribution in [0.5, 0.6) is 0 Å². The van der Waals surface area contributed by atoms with E-state index in [4.69, 9.17) is 0 Å². The number of allylic oxidation sites excluding steroid dienone is 1. The molecule has 0 atom stereocenters. The van der Waals surface area contributed by atoms with E-state index in [0.29, 0.717) is 5.71 Å². The molecule has 32 heavy (non-hydrogen) atoms. The second-order valence-electron chi connectivity index (χ2n) is 7.51. The van der Waals surface area contributed by atoms with E-state index in [-0.39, 0.29) is 24.7 Å². The van der Waals surface area contributed by atoms with Crippen LogP contribution in [-0.4, -0.2) is 17.5 Å². The topological polar surface area (TPSA) is 70.6 Å². The van der Waals surface area contributed by atoms with Crippen LogP contribution in [0.15, 0.2) is 90.0 Å². The minimum atomic E-state index is -0.317. The first-order valence-electron chi connectivity index (χ1n) is 10.5. The van der Waals surface area contributed by atoms with Crippen LogP contribution in [0.2, 0.25) is 0 Å². The molecule has 0 fully saturated rings. The zero-order chi connectivity index (χ0) is 22.8. The molecule has 3 aromatic carbocycles. The number of amides is 2. The smallest absolute Gasteiger partial charge is 0.240 e. The predicted octanol–water partition coefficient (Wildman–Crippen LogP) is 5.26. The van der Waals surface area contributed by atoms with E-state index in [1.807, 2.05) is 105 Å². The molecule has 3 aromatic rings. The van der Waals surface area contributed by atoms with Crippen LogP contribution in [0, 0.1) is 13.8 Å². The molecule has 0 saturated heterocycles. The Hall–Kier alpha value is -3.99. The Balaban J connectivity index is 1.60. The summed E-state index contributed by atoms with van der Waals surface area (Å²) in [7, 11) is 0. The molecule has 0 aliphatic carbocycles. The van der Waals surface area contributed by atoms with E-state index in [1.165, 1.54) is 0 Å². The zero-order valence-corrected chi connectivity index (χ0v) is 18.3. The van der Waals surface area contributed by atoms with Gasteiger partial charge in [-0.05, 0) is 37.1 Å². The molecule has 0 spiro atoms. The second-order valence-corrected chi connectivity index (χ2v) is 7.51. The molecular formula is C27H27N3O2. The lowest BCUT2D eigenvalue weighted by Crippen LogP contribution is -2.22. The van der Waals surface area contributed by atoms with Crippen molar-refractivity contribution in [3.63, 3.8) is 0 Å². The van der Waals surface area contributed by atoms with Gasteiger partial charge in [0.2, 0.25) is 11.8 Å². The average Bonchev–Trinajstić information content (AvgIpc) is 2.81. The number of carbonyl (C=O) groups is 2. The molecule has 0 aromatic heterocycles. The number of nitrogens with zero attached hydrogens (tertiary/aromatic N) is 1. The maximum Gasteiger partial charge on any atom is 0.240 e. The van der Waals surface area contributed by atoms with Crippen LogP contribution < -0.4 is 10.7 Å². The Labute approximate surface area is 188 Å². The van der Waals surface area contributed by atoms with Gasteiger partial charge in [0.15, 0.2) is 0 Å². The quantitative estimate of drug-likeness (QED) is 0.382. The van der Waals surface area contributed by atoms with Crippen molar-refractivity contribution in [1.82, 2.24) is 5.43 Å². The molecule has 0 unspecified atom stereocenters. The highest BCUT2D eigenvalue weighted by Gasteiger charge is 2.09. The third-order valence-corrected chi connectivity index (χ3v) is 4.84. The summed E-state index contributed by atoms with van der Waals surface area (Å²) < 4.78 is 0. The fourth-order valence-electron chi connectivity index (χ4n) is 3.12. The minimum Gasteiger partial charge on any atom is -0.326 e. The van der Waals surface area contributed by atoms with Crippen molar-refractivity contribution < 1.29 is 9.59 Å². The Morgan fingerprint density at radius 1 is 0.844 bits per heavy atom. The van der Waals surface area contributed by atoms with E-state index in [0.717, 1.165) is 27.9 Å². The summed E-state index contributed by atoms with van der Waals surface area (Å²) in [5.74, 6) is -0.523. The van der Waals surface area contributed by atoms with Gasteiger partial charge >= 0.3 is 0 Å². The third kappa shape index (κ3) is 7.06. The zero-order valence-electron chi connectivity index (χ0n) is 18.3. The maximum atomic E-state index is 12.3. The number of carbonyl (C=O) groups excluding carboxylic acids is 2. The van der Waals surface area contributed by atoms with Gasteiger partial charge in [0.05, 0.1) is 5.71 Å². The van der Waals surface area contributed by atoms with E-state index in [9.17, 15) is 9.59 Å². The van der Waals surface area contributed by atoms with Crippen LogP contribution in [-0.2, 0) is 9.59 Å². The van der Waals surface area contributed by atoms with Gasteiger partial charge in [-0.15, -0.1) is 0 Å². The lowest BCUT2D eigenvalue weighted by molar-refractivity contribution is -0.124. The van der Waals surface area contributed by atoms with E-state index < -0.39 is 0 Å². The van der Waals surface area contributed by atoms with Crippen molar-refractivity contribution in [2.45, 2.75) is 26.7 Å². The van der Waals surface area contributed by atoms with Gasteiger partial charge in [0.1, 0.15) is 0 Å². The normalized spacial score (nSPS) is 11.4. The second kappa shape index (κ2) is 11.4. The van der Waals surface area contributed by atoms with Gasteiger partial charge in [-0.25, -0.2) is 5.43 Å². The molecule has 0 bridgehead atoms. The van der Waals surface area contributed by atoms with Gasteiger partial charge in [0, 0.05) is 24.1 Å². The van der Waals surface area contributed by atoms with Crippen LogP contribution >= 0.6 is 0 Å². The first-order chi connectivity index (χ1) is 15.5. The number of hydrazone groups is 1. The molecule has 5 heteroatoms. The molecule has 0 heterocycles. The number of benzene rings is 3. The van der Waals surface area contributed by atoms with Crippen LogP contribution in [0.25, 0.3) is 6.08 Å². The third-order valence-electron chi connectivity index (χ3n) is 4.84. The fourth-order valence-corrected chi connectivity index (χ4v) is 3.12. The van der Waals surface area contributed by atoms with E-state index >= 15 is 0 Å². The summed E-state index contributed by atoms with van der Waals surface area (Å²) in [4.78, 5) is 24.5. The maximum absolute atomic E-state index is 12.3. The Kier molecular flexibility index (Phi) is 8.09. The van der Waals surface area contributed by atoms with Crippen molar-refractivity contribution >= 4 is 29.3 Å². The summed E-state index contributed by atoms with van der Waals surface area (Å²) >= 11 is 0. The number of hydrogen-bond donors (Lipinski definition) is 2. The molecule has 0 radical (unpaired) electrons. The standard InChI is InChI=1S/C27H27N3O2/c1-20-13-15-24(21(2)19-20)28-26(31)17-18-27(32)30-29-25(23-11-7-4-8-12-23)16-14-22-9-5-3-6-10-22/h3-16,19H,17-18H2,1-2H3,(H,28,31)(H,30,32)/b16-14+,29-25?. The fraction of sp³-hybridized carbons (Fsp3) is 0.148. The van der Waals surface area contributed by atoms with Crippen LogP contribution in [0.1, 0.15) is 35.1 Å². The van der Waals surface area contributed by atoms with Gasteiger partial charge < -0.3 is 5.32 Å². The van der Waals surface area contributed by atoms with Crippen molar-refractivity contribution in [2.24, 2.45) is 5.10 Å². The van der Waals surface area contributed by atoms with Gasteiger partial charge in [0.25, 0.3) is 0 Å². The minimum absolute atomic E-state index is 0.0463. The Morgan fingerprint density at radius 3 is 2.19 bits per heavy atom. The van der Waals surface area contributed by atoms with Gasteiger partial charge in [-0.2, -0.15) is 5.10 Å². The predicted molar refractivity (Wildman–Crippen MR) is 130 cm³/mol. The molecule has 162 valence electrons. The van der Waals surface area contributed by atoms with E-state index in [1.54, 1.807) is 0 Å². The lowest BCUT2D eigenvalue weighted by atomic mass is 10.1. The summed E-state index contributed by atoms with van der Waals surface area (Å²) in [5.41, 5.74) is 8.00. The number of aryl methyl sites for hydroxylation is 2. The molecule has 2 amide bonds. The van der Waals surface area contributed by atoms with Crippen molar-refractivity contribution in [3.05, 3.63) is 107 Å².